The fraction of sp³-hybridized carbons (Fsp3) is 0.474. The number of halogens is 1. The standard InChI is InChI=1S/C19H23N3OS.ClH/c1-13-4-5-17(24-13)19(23)21-18-15-6-9-22(10-7-15)16(18)11-14-3-2-8-20-12-14;/h2-5,8,12,15-16,18H,6-7,9-11H2,1H3,(H,21,23);1H/t16-,18+;/m0./s1. The summed E-state index contributed by atoms with van der Waals surface area (Å²) in [4.78, 5) is 21.5. The van der Waals surface area contributed by atoms with Crippen LogP contribution in [0.15, 0.2) is 36.7 Å². The lowest BCUT2D eigenvalue weighted by Crippen LogP contribution is -2.64. The predicted molar refractivity (Wildman–Crippen MR) is 104 cm³/mol. The minimum absolute atomic E-state index is 0. The number of aryl methyl sites for hydroxylation is 1. The normalized spacial score (nSPS) is 27.6. The molecule has 1 amide bonds. The van der Waals surface area contributed by atoms with Gasteiger partial charge in [0.25, 0.3) is 5.91 Å². The minimum Gasteiger partial charge on any atom is -0.347 e. The zero-order valence-corrected chi connectivity index (χ0v) is 16.0. The van der Waals surface area contributed by atoms with Gasteiger partial charge in [-0.05, 0) is 69.0 Å². The Morgan fingerprint density at radius 3 is 2.76 bits per heavy atom. The molecule has 2 aromatic heterocycles. The Hall–Kier alpha value is -1.43. The number of nitrogens with one attached hydrogen (secondary N) is 1. The molecule has 25 heavy (non-hydrogen) atoms. The van der Waals surface area contributed by atoms with E-state index in [-0.39, 0.29) is 24.4 Å². The molecule has 0 aliphatic carbocycles. The molecule has 3 saturated heterocycles. The number of fused-ring (bicyclic) bond motifs is 3. The highest BCUT2D eigenvalue weighted by Crippen LogP contribution is 2.34. The average Bonchev–Trinajstić information content (AvgIpc) is 3.05. The van der Waals surface area contributed by atoms with Crippen LogP contribution < -0.4 is 5.32 Å². The lowest BCUT2D eigenvalue weighted by molar-refractivity contribution is 0.0137. The van der Waals surface area contributed by atoms with Gasteiger partial charge in [-0.2, -0.15) is 0 Å². The summed E-state index contributed by atoms with van der Waals surface area (Å²) in [6.45, 7) is 4.35. The molecule has 2 aromatic rings. The van der Waals surface area contributed by atoms with E-state index in [1.165, 1.54) is 23.3 Å². The third kappa shape index (κ3) is 3.89. The van der Waals surface area contributed by atoms with Crippen LogP contribution in [0.4, 0.5) is 0 Å². The van der Waals surface area contributed by atoms with Gasteiger partial charge < -0.3 is 5.32 Å². The molecule has 0 unspecified atom stereocenters. The molecule has 1 N–H and O–H groups in total. The molecule has 5 heterocycles. The van der Waals surface area contributed by atoms with Crippen LogP contribution in [0.2, 0.25) is 0 Å². The SMILES string of the molecule is Cc1ccc(C(=O)N[C@@H]2C3CCN(CC3)[C@H]2Cc2cccnc2)s1.Cl. The van der Waals surface area contributed by atoms with Crippen molar-refractivity contribution < 1.29 is 4.79 Å². The third-order valence-corrected chi connectivity index (χ3v) is 6.39. The number of pyridine rings is 1. The first-order valence-electron chi connectivity index (χ1n) is 8.71. The molecule has 3 fully saturated rings. The number of nitrogens with zero attached hydrogens (tertiary/aromatic N) is 2. The van der Waals surface area contributed by atoms with Crippen LogP contribution in [0.1, 0.15) is 33.0 Å². The van der Waals surface area contributed by atoms with Crippen LogP contribution in [-0.4, -0.2) is 41.0 Å². The van der Waals surface area contributed by atoms with E-state index in [1.807, 2.05) is 37.5 Å². The number of thiophene rings is 1. The van der Waals surface area contributed by atoms with E-state index < -0.39 is 0 Å². The molecule has 134 valence electrons. The summed E-state index contributed by atoms with van der Waals surface area (Å²) < 4.78 is 0. The average molecular weight is 378 g/mol. The second kappa shape index (κ2) is 7.85. The van der Waals surface area contributed by atoms with Crippen molar-refractivity contribution in [1.82, 2.24) is 15.2 Å². The summed E-state index contributed by atoms with van der Waals surface area (Å²) in [5.41, 5.74) is 1.25. The van der Waals surface area contributed by atoms with Crippen LogP contribution in [-0.2, 0) is 6.42 Å². The first-order valence-corrected chi connectivity index (χ1v) is 9.52. The van der Waals surface area contributed by atoms with E-state index in [2.05, 4.69) is 21.3 Å². The molecule has 6 heteroatoms. The highest BCUT2D eigenvalue weighted by molar-refractivity contribution is 7.13. The van der Waals surface area contributed by atoms with Crippen LogP contribution in [0, 0.1) is 12.8 Å². The predicted octanol–water partition coefficient (Wildman–Crippen LogP) is 3.31. The van der Waals surface area contributed by atoms with E-state index in [0.717, 1.165) is 24.4 Å². The Balaban J connectivity index is 0.00000182. The number of carbonyl (C=O) groups is 1. The van der Waals surface area contributed by atoms with Crippen molar-refractivity contribution in [3.05, 3.63) is 52.0 Å². The molecular weight excluding hydrogens is 354 g/mol. The molecule has 3 aliphatic heterocycles. The van der Waals surface area contributed by atoms with E-state index in [4.69, 9.17) is 0 Å². The summed E-state index contributed by atoms with van der Waals surface area (Å²) in [5.74, 6) is 0.685. The van der Waals surface area contributed by atoms with Crippen molar-refractivity contribution in [2.24, 2.45) is 5.92 Å². The van der Waals surface area contributed by atoms with E-state index in [0.29, 0.717) is 12.0 Å². The topological polar surface area (TPSA) is 45.2 Å². The van der Waals surface area contributed by atoms with E-state index in [9.17, 15) is 4.79 Å². The second-order valence-corrected chi connectivity index (χ2v) is 8.20. The maximum atomic E-state index is 12.7. The van der Waals surface area contributed by atoms with Crippen molar-refractivity contribution in [3.63, 3.8) is 0 Å². The van der Waals surface area contributed by atoms with Crippen molar-refractivity contribution in [2.75, 3.05) is 13.1 Å². The summed E-state index contributed by atoms with van der Waals surface area (Å²) >= 11 is 1.57. The maximum Gasteiger partial charge on any atom is 0.261 e. The van der Waals surface area contributed by atoms with Gasteiger partial charge in [0.1, 0.15) is 0 Å². The highest BCUT2D eigenvalue weighted by atomic mass is 35.5. The Bertz CT molecular complexity index is 712. The summed E-state index contributed by atoms with van der Waals surface area (Å²) in [5, 5.41) is 3.36. The zero-order chi connectivity index (χ0) is 16.5. The Morgan fingerprint density at radius 2 is 2.12 bits per heavy atom. The van der Waals surface area contributed by atoms with Gasteiger partial charge in [0.2, 0.25) is 0 Å². The van der Waals surface area contributed by atoms with Gasteiger partial charge in [-0.15, -0.1) is 23.7 Å². The molecule has 0 radical (unpaired) electrons. The van der Waals surface area contributed by atoms with Gasteiger partial charge in [0.15, 0.2) is 0 Å². The molecule has 0 aromatic carbocycles. The number of carbonyl (C=O) groups excluding carboxylic acids is 1. The third-order valence-electron chi connectivity index (χ3n) is 5.40. The van der Waals surface area contributed by atoms with E-state index >= 15 is 0 Å². The summed E-state index contributed by atoms with van der Waals surface area (Å²) in [6, 6.07) is 8.70. The number of piperidine rings is 3. The molecule has 5 rings (SSSR count). The van der Waals surface area contributed by atoms with Crippen molar-refractivity contribution in [2.45, 2.75) is 38.3 Å². The Labute approximate surface area is 159 Å². The fourth-order valence-electron chi connectivity index (χ4n) is 4.16. The molecule has 3 aliphatic rings. The molecule has 2 bridgehead atoms. The largest absolute Gasteiger partial charge is 0.347 e. The van der Waals surface area contributed by atoms with Crippen molar-refractivity contribution >= 4 is 29.7 Å². The Morgan fingerprint density at radius 1 is 1.32 bits per heavy atom. The number of amides is 1. The van der Waals surface area contributed by atoms with Crippen molar-refractivity contribution in [3.8, 4) is 0 Å². The lowest BCUT2D eigenvalue weighted by atomic mass is 9.77. The van der Waals surface area contributed by atoms with Gasteiger partial charge >= 0.3 is 0 Å². The van der Waals surface area contributed by atoms with Crippen LogP contribution in [0.5, 0.6) is 0 Å². The molecule has 4 nitrogen and oxygen atoms in total. The molecule has 0 saturated carbocycles. The molecule has 2 atom stereocenters. The Kier molecular flexibility index (Phi) is 5.77. The quantitative estimate of drug-likeness (QED) is 0.889. The maximum absolute atomic E-state index is 12.7. The summed E-state index contributed by atoms with van der Waals surface area (Å²) in [6.07, 6.45) is 7.11. The van der Waals surface area contributed by atoms with Gasteiger partial charge in [-0.25, -0.2) is 0 Å². The minimum atomic E-state index is 0. The van der Waals surface area contributed by atoms with Gasteiger partial charge in [-0.1, -0.05) is 6.07 Å². The summed E-state index contributed by atoms with van der Waals surface area (Å²) in [7, 11) is 0. The van der Waals surface area contributed by atoms with Gasteiger partial charge in [0, 0.05) is 29.4 Å². The number of hydrogen-bond acceptors (Lipinski definition) is 4. The van der Waals surface area contributed by atoms with Gasteiger partial charge in [0.05, 0.1) is 4.88 Å². The van der Waals surface area contributed by atoms with Crippen LogP contribution in [0.25, 0.3) is 0 Å². The smallest absolute Gasteiger partial charge is 0.261 e. The fourth-order valence-corrected chi connectivity index (χ4v) is 4.93. The number of rotatable bonds is 4. The first kappa shape index (κ1) is 18.4. The first-order chi connectivity index (χ1) is 11.7. The number of aromatic nitrogens is 1. The van der Waals surface area contributed by atoms with Crippen LogP contribution >= 0.6 is 23.7 Å². The van der Waals surface area contributed by atoms with Crippen LogP contribution in [0.3, 0.4) is 0 Å². The molecule has 0 spiro atoms. The number of hydrogen-bond donors (Lipinski definition) is 1. The second-order valence-electron chi connectivity index (χ2n) is 6.92. The zero-order valence-electron chi connectivity index (χ0n) is 14.4. The monoisotopic (exact) mass is 377 g/mol. The van der Waals surface area contributed by atoms with Gasteiger partial charge in [-0.3, -0.25) is 14.7 Å². The molecular formula is C19H24ClN3OS. The lowest BCUT2D eigenvalue weighted by Gasteiger charge is -2.51. The van der Waals surface area contributed by atoms with Crippen molar-refractivity contribution in [1.29, 1.82) is 0 Å². The van der Waals surface area contributed by atoms with E-state index in [1.54, 1.807) is 11.3 Å². The highest BCUT2D eigenvalue weighted by Gasteiger charge is 2.42.